The lowest BCUT2D eigenvalue weighted by Crippen LogP contribution is -2.56. The van der Waals surface area contributed by atoms with E-state index >= 15 is 0 Å². The van der Waals surface area contributed by atoms with E-state index in [2.05, 4.69) is 32.4 Å². The molecule has 2 aliphatic heterocycles. The van der Waals surface area contributed by atoms with Crippen LogP contribution in [0.2, 0.25) is 0 Å². The van der Waals surface area contributed by atoms with Crippen LogP contribution in [0.3, 0.4) is 0 Å². The number of nitrogens with one attached hydrogen (secondary N) is 2. The lowest BCUT2D eigenvalue weighted by molar-refractivity contribution is -0.126. The molecule has 7 heteroatoms. The molecule has 25 heavy (non-hydrogen) atoms. The lowest BCUT2D eigenvalue weighted by atomic mass is 9.75. The fourth-order valence-corrected chi connectivity index (χ4v) is 4.16. The summed E-state index contributed by atoms with van der Waals surface area (Å²) in [6.07, 6.45) is 6.07. The van der Waals surface area contributed by atoms with Gasteiger partial charge in [0.2, 0.25) is 0 Å². The van der Waals surface area contributed by atoms with Crippen molar-refractivity contribution in [3.8, 4) is 0 Å². The van der Waals surface area contributed by atoms with E-state index in [0.717, 1.165) is 56.0 Å². The maximum atomic E-state index is 12.5. The van der Waals surface area contributed by atoms with Crippen LogP contribution in [0.5, 0.6) is 0 Å². The Morgan fingerprint density at radius 3 is 2.56 bits per heavy atom. The van der Waals surface area contributed by atoms with Gasteiger partial charge in [-0.15, -0.1) is 0 Å². The highest BCUT2D eigenvalue weighted by Gasteiger charge is 2.51. The number of imide groups is 1. The summed E-state index contributed by atoms with van der Waals surface area (Å²) in [7, 11) is 0. The highest BCUT2D eigenvalue weighted by Crippen LogP contribution is 2.35. The summed E-state index contributed by atoms with van der Waals surface area (Å²) in [6.45, 7) is 7.74. The third-order valence-electron chi connectivity index (χ3n) is 5.45. The standard InChI is InChI=1S/C18H27N5O2/c1-4-8-18(16(24)21-17(25)22-18)14-6-9-23(10-7-14)15-13(5-2)11-19-12(3)20-15/h11,14H,4-10H2,1-3H3,(H2,21,22,24,25)/t18-/m1/s1. The summed E-state index contributed by atoms with van der Waals surface area (Å²) in [4.78, 5) is 35.4. The Hall–Kier alpha value is -2.18. The molecule has 0 aliphatic carbocycles. The quantitative estimate of drug-likeness (QED) is 0.797. The maximum Gasteiger partial charge on any atom is 0.322 e. The third-order valence-corrected chi connectivity index (χ3v) is 5.45. The Kier molecular flexibility index (Phi) is 4.92. The second kappa shape index (κ2) is 6.98. The van der Waals surface area contributed by atoms with Gasteiger partial charge in [-0.3, -0.25) is 10.1 Å². The van der Waals surface area contributed by atoms with Crippen molar-refractivity contribution in [1.29, 1.82) is 0 Å². The molecule has 0 radical (unpaired) electrons. The number of carbonyl (C=O) groups excluding carboxylic acids is 2. The van der Waals surface area contributed by atoms with E-state index in [0.29, 0.717) is 6.42 Å². The second-order valence-electron chi connectivity index (χ2n) is 7.01. The van der Waals surface area contributed by atoms with Crippen molar-refractivity contribution < 1.29 is 9.59 Å². The summed E-state index contributed by atoms with van der Waals surface area (Å²) in [6, 6.07) is -0.361. The van der Waals surface area contributed by atoms with Gasteiger partial charge in [0.05, 0.1) is 0 Å². The van der Waals surface area contributed by atoms with Gasteiger partial charge in [0, 0.05) is 24.8 Å². The zero-order chi connectivity index (χ0) is 18.0. The van der Waals surface area contributed by atoms with Crippen LogP contribution in [-0.2, 0) is 11.2 Å². The number of hydrogen-bond acceptors (Lipinski definition) is 5. The minimum Gasteiger partial charge on any atom is -0.356 e. The molecule has 3 rings (SSSR count). The van der Waals surface area contributed by atoms with E-state index in [1.807, 2.05) is 20.0 Å². The molecule has 0 aromatic carbocycles. The molecule has 2 fully saturated rings. The number of urea groups is 1. The zero-order valence-corrected chi connectivity index (χ0v) is 15.3. The Labute approximate surface area is 148 Å². The number of aromatic nitrogens is 2. The maximum absolute atomic E-state index is 12.5. The van der Waals surface area contributed by atoms with E-state index in [-0.39, 0.29) is 17.9 Å². The predicted molar refractivity (Wildman–Crippen MR) is 95.4 cm³/mol. The number of carbonyl (C=O) groups is 2. The molecule has 0 unspecified atom stereocenters. The van der Waals surface area contributed by atoms with Crippen molar-refractivity contribution >= 4 is 17.8 Å². The topological polar surface area (TPSA) is 87.2 Å². The first-order chi connectivity index (χ1) is 12.0. The van der Waals surface area contributed by atoms with Gasteiger partial charge in [-0.1, -0.05) is 20.3 Å². The van der Waals surface area contributed by atoms with Crippen molar-refractivity contribution in [3.63, 3.8) is 0 Å². The summed E-state index contributed by atoms with van der Waals surface area (Å²) in [5.41, 5.74) is 0.409. The van der Waals surface area contributed by atoms with Crippen LogP contribution in [0.1, 0.15) is 50.9 Å². The van der Waals surface area contributed by atoms with Gasteiger partial charge in [-0.2, -0.15) is 0 Å². The number of anilines is 1. The normalized spacial score (nSPS) is 24.4. The predicted octanol–water partition coefficient (Wildman–Crippen LogP) is 1.94. The second-order valence-corrected chi connectivity index (χ2v) is 7.01. The molecule has 1 aromatic heterocycles. The number of rotatable bonds is 5. The molecular formula is C18H27N5O2. The van der Waals surface area contributed by atoms with E-state index in [4.69, 9.17) is 0 Å². The van der Waals surface area contributed by atoms with Crippen molar-refractivity contribution in [2.24, 2.45) is 5.92 Å². The minimum atomic E-state index is -0.743. The average Bonchev–Trinajstić information content (AvgIpc) is 2.90. The third kappa shape index (κ3) is 3.19. The lowest BCUT2D eigenvalue weighted by Gasteiger charge is -2.41. The molecule has 0 bridgehead atoms. The Morgan fingerprint density at radius 2 is 2.00 bits per heavy atom. The van der Waals surface area contributed by atoms with Gasteiger partial charge >= 0.3 is 6.03 Å². The molecule has 3 amide bonds. The molecule has 7 nitrogen and oxygen atoms in total. The Balaban J connectivity index is 1.76. The smallest absolute Gasteiger partial charge is 0.322 e. The fourth-order valence-electron chi connectivity index (χ4n) is 4.16. The molecule has 2 aliphatic rings. The molecule has 2 N–H and O–H groups in total. The van der Waals surface area contributed by atoms with Crippen LogP contribution in [0.15, 0.2) is 6.20 Å². The van der Waals surface area contributed by atoms with Crippen LogP contribution in [0.25, 0.3) is 0 Å². The summed E-state index contributed by atoms with van der Waals surface area (Å²) in [5.74, 6) is 1.78. The first-order valence-corrected chi connectivity index (χ1v) is 9.21. The number of amides is 3. The van der Waals surface area contributed by atoms with Crippen molar-refractivity contribution in [1.82, 2.24) is 20.6 Å². The molecule has 1 aromatic rings. The average molecular weight is 345 g/mol. The minimum absolute atomic E-state index is 0.156. The largest absolute Gasteiger partial charge is 0.356 e. The molecule has 136 valence electrons. The first-order valence-electron chi connectivity index (χ1n) is 9.21. The summed E-state index contributed by atoms with van der Waals surface area (Å²) < 4.78 is 0. The Bertz CT molecular complexity index is 669. The number of piperidine rings is 1. The summed E-state index contributed by atoms with van der Waals surface area (Å²) in [5, 5.41) is 5.37. The highest BCUT2D eigenvalue weighted by atomic mass is 16.2. The van der Waals surface area contributed by atoms with Gasteiger partial charge in [-0.25, -0.2) is 14.8 Å². The van der Waals surface area contributed by atoms with Gasteiger partial charge < -0.3 is 10.2 Å². The van der Waals surface area contributed by atoms with Crippen molar-refractivity contribution in [2.45, 2.75) is 58.4 Å². The number of hydrogen-bond donors (Lipinski definition) is 2. The Morgan fingerprint density at radius 1 is 1.28 bits per heavy atom. The van der Waals surface area contributed by atoms with Crippen LogP contribution in [0.4, 0.5) is 10.6 Å². The van der Waals surface area contributed by atoms with E-state index in [9.17, 15) is 9.59 Å². The van der Waals surface area contributed by atoms with Crippen molar-refractivity contribution in [3.05, 3.63) is 17.6 Å². The molecule has 2 saturated heterocycles. The molecule has 3 heterocycles. The number of nitrogens with zero attached hydrogens (tertiary/aromatic N) is 3. The molecule has 1 atom stereocenters. The first kappa shape index (κ1) is 17.6. The van der Waals surface area contributed by atoms with Gasteiger partial charge in [0.15, 0.2) is 0 Å². The SMILES string of the molecule is CCC[C@]1(C2CCN(c3nc(C)ncc3CC)CC2)NC(=O)NC1=O. The van der Waals surface area contributed by atoms with Crippen LogP contribution >= 0.6 is 0 Å². The van der Waals surface area contributed by atoms with Crippen LogP contribution in [0, 0.1) is 12.8 Å². The van der Waals surface area contributed by atoms with Gasteiger partial charge in [-0.05, 0) is 38.5 Å². The van der Waals surface area contributed by atoms with Gasteiger partial charge in [0.1, 0.15) is 17.2 Å². The molecule has 0 saturated carbocycles. The van der Waals surface area contributed by atoms with Crippen molar-refractivity contribution in [2.75, 3.05) is 18.0 Å². The fraction of sp³-hybridized carbons (Fsp3) is 0.667. The van der Waals surface area contributed by atoms with E-state index < -0.39 is 5.54 Å². The van der Waals surface area contributed by atoms with Gasteiger partial charge in [0.25, 0.3) is 5.91 Å². The highest BCUT2D eigenvalue weighted by molar-refractivity contribution is 6.07. The van der Waals surface area contributed by atoms with E-state index in [1.165, 1.54) is 0 Å². The molecule has 0 spiro atoms. The monoisotopic (exact) mass is 345 g/mol. The van der Waals surface area contributed by atoms with E-state index in [1.54, 1.807) is 0 Å². The number of aryl methyl sites for hydroxylation is 2. The molecular weight excluding hydrogens is 318 g/mol. The van der Waals surface area contributed by atoms with Crippen LogP contribution < -0.4 is 15.5 Å². The summed E-state index contributed by atoms with van der Waals surface area (Å²) >= 11 is 0. The van der Waals surface area contributed by atoms with Crippen LogP contribution in [-0.4, -0.2) is 40.5 Å². The zero-order valence-electron chi connectivity index (χ0n) is 15.3.